The first kappa shape index (κ1) is 13.7. The van der Waals surface area contributed by atoms with E-state index in [4.69, 9.17) is 5.84 Å². The summed E-state index contributed by atoms with van der Waals surface area (Å²) in [7, 11) is 0. The van der Waals surface area contributed by atoms with Crippen LogP contribution >= 0.6 is 0 Å². The average molecular weight is 277 g/mol. The Kier molecular flexibility index (Phi) is 3.95. The number of nitrogens with one attached hydrogen (secondary N) is 1. The van der Waals surface area contributed by atoms with Gasteiger partial charge in [-0.25, -0.2) is 0 Å². The van der Waals surface area contributed by atoms with Gasteiger partial charge in [-0.3, -0.25) is 16.3 Å². The van der Waals surface area contributed by atoms with Crippen molar-refractivity contribution < 1.29 is 0 Å². The van der Waals surface area contributed by atoms with Crippen molar-refractivity contribution in [2.45, 2.75) is 19.4 Å². The van der Waals surface area contributed by atoms with Crippen LogP contribution in [0, 0.1) is 6.92 Å². The van der Waals surface area contributed by atoms with Gasteiger partial charge in [0.1, 0.15) is 0 Å². The molecule has 0 saturated heterocycles. The van der Waals surface area contributed by atoms with Crippen molar-refractivity contribution in [3.05, 3.63) is 77.5 Å². The normalized spacial score (nSPS) is 12.5. The minimum atomic E-state index is 0.0700. The van der Waals surface area contributed by atoms with E-state index in [0.29, 0.717) is 0 Å². The van der Waals surface area contributed by atoms with Crippen LogP contribution in [0.2, 0.25) is 0 Å². The van der Waals surface area contributed by atoms with Crippen LogP contribution in [0.5, 0.6) is 0 Å². The summed E-state index contributed by atoms with van der Waals surface area (Å²) in [5.41, 5.74) is 7.67. The third-order valence-corrected chi connectivity index (χ3v) is 3.82. The van der Waals surface area contributed by atoms with Crippen LogP contribution < -0.4 is 11.3 Å². The molecule has 0 bridgehead atoms. The number of hydrogen-bond donors (Lipinski definition) is 2. The number of hydrogen-bond acceptors (Lipinski definition) is 3. The number of nitrogens with two attached hydrogens (primary N) is 1. The average Bonchev–Trinajstić information content (AvgIpc) is 2.54. The van der Waals surface area contributed by atoms with Crippen LogP contribution in [0.15, 0.2) is 60.8 Å². The quantitative estimate of drug-likeness (QED) is 0.568. The van der Waals surface area contributed by atoms with Crippen molar-refractivity contribution in [1.82, 2.24) is 10.4 Å². The fourth-order valence-corrected chi connectivity index (χ4v) is 2.64. The Labute approximate surface area is 124 Å². The summed E-state index contributed by atoms with van der Waals surface area (Å²) < 4.78 is 0. The van der Waals surface area contributed by atoms with Gasteiger partial charge in [-0.05, 0) is 36.6 Å². The van der Waals surface area contributed by atoms with Crippen LogP contribution in [-0.2, 0) is 6.42 Å². The highest BCUT2D eigenvalue weighted by atomic mass is 15.2. The molecule has 0 saturated carbocycles. The van der Waals surface area contributed by atoms with E-state index in [2.05, 4.69) is 47.7 Å². The first-order chi connectivity index (χ1) is 10.3. The highest BCUT2D eigenvalue weighted by Crippen LogP contribution is 2.25. The van der Waals surface area contributed by atoms with E-state index in [1.807, 2.05) is 30.5 Å². The maximum atomic E-state index is 5.80. The molecule has 0 radical (unpaired) electrons. The van der Waals surface area contributed by atoms with Gasteiger partial charge in [0.15, 0.2) is 0 Å². The van der Waals surface area contributed by atoms with Gasteiger partial charge in [-0.15, -0.1) is 0 Å². The summed E-state index contributed by atoms with van der Waals surface area (Å²) in [5, 5.41) is 1.15. The minimum absolute atomic E-state index is 0.0700. The summed E-state index contributed by atoms with van der Waals surface area (Å²) >= 11 is 0. The van der Waals surface area contributed by atoms with Gasteiger partial charge in [-0.1, -0.05) is 48.0 Å². The smallest absolute Gasteiger partial charge is 0.0705 e. The predicted octanol–water partition coefficient (Wildman–Crippen LogP) is 3.29. The van der Waals surface area contributed by atoms with E-state index in [1.165, 1.54) is 16.7 Å². The van der Waals surface area contributed by atoms with E-state index in [1.54, 1.807) is 0 Å². The Morgan fingerprint density at radius 3 is 2.57 bits per heavy atom. The molecule has 0 aliphatic carbocycles. The summed E-state index contributed by atoms with van der Waals surface area (Å²) in [4.78, 5) is 4.41. The SMILES string of the molecule is Cc1ccc(CC(NN)c2ccnc3ccccc23)cc1. The molecule has 3 N–H and O–H groups in total. The first-order valence-electron chi connectivity index (χ1n) is 7.13. The lowest BCUT2D eigenvalue weighted by molar-refractivity contribution is 0.555. The molecule has 3 aromatic rings. The summed E-state index contributed by atoms with van der Waals surface area (Å²) in [5.74, 6) is 5.80. The molecule has 21 heavy (non-hydrogen) atoms. The highest BCUT2D eigenvalue weighted by Gasteiger charge is 2.13. The topological polar surface area (TPSA) is 50.9 Å². The van der Waals surface area contributed by atoms with Crippen molar-refractivity contribution in [1.29, 1.82) is 0 Å². The van der Waals surface area contributed by atoms with E-state index in [9.17, 15) is 0 Å². The van der Waals surface area contributed by atoms with Crippen LogP contribution in [-0.4, -0.2) is 4.98 Å². The zero-order valence-corrected chi connectivity index (χ0v) is 12.1. The number of para-hydroxylation sites is 1. The first-order valence-corrected chi connectivity index (χ1v) is 7.13. The molecular formula is C18H19N3. The highest BCUT2D eigenvalue weighted by molar-refractivity contribution is 5.82. The molecule has 3 nitrogen and oxygen atoms in total. The van der Waals surface area contributed by atoms with Crippen molar-refractivity contribution in [2.24, 2.45) is 5.84 Å². The van der Waals surface area contributed by atoms with Gasteiger partial charge in [0.05, 0.1) is 11.6 Å². The number of aromatic nitrogens is 1. The zero-order chi connectivity index (χ0) is 14.7. The van der Waals surface area contributed by atoms with Crippen LogP contribution in [0.3, 0.4) is 0 Å². The third kappa shape index (κ3) is 2.94. The fourth-order valence-electron chi connectivity index (χ4n) is 2.64. The predicted molar refractivity (Wildman–Crippen MR) is 86.7 cm³/mol. The van der Waals surface area contributed by atoms with Crippen molar-refractivity contribution in [2.75, 3.05) is 0 Å². The van der Waals surface area contributed by atoms with Crippen molar-refractivity contribution >= 4 is 10.9 Å². The number of benzene rings is 2. The zero-order valence-electron chi connectivity index (χ0n) is 12.1. The second-order valence-corrected chi connectivity index (χ2v) is 5.33. The number of rotatable bonds is 4. The van der Waals surface area contributed by atoms with Gasteiger partial charge >= 0.3 is 0 Å². The van der Waals surface area contributed by atoms with Crippen molar-refractivity contribution in [3.63, 3.8) is 0 Å². The Bertz CT molecular complexity index is 730. The number of nitrogens with zero attached hydrogens (tertiary/aromatic N) is 1. The monoisotopic (exact) mass is 277 g/mol. The molecule has 0 aliphatic heterocycles. The second-order valence-electron chi connectivity index (χ2n) is 5.33. The van der Waals surface area contributed by atoms with Gasteiger partial charge in [0.2, 0.25) is 0 Å². The van der Waals surface area contributed by atoms with Crippen LogP contribution in [0.25, 0.3) is 10.9 Å². The Balaban J connectivity index is 1.96. The molecule has 3 heteroatoms. The molecule has 1 atom stereocenters. The van der Waals surface area contributed by atoms with E-state index in [-0.39, 0.29) is 6.04 Å². The van der Waals surface area contributed by atoms with Crippen LogP contribution in [0.4, 0.5) is 0 Å². The van der Waals surface area contributed by atoms with Crippen LogP contribution in [0.1, 0.15) is 22.7 Å². The molecule has 0 amide bonds. The largest absolute Gasteiger partial charge is 0.271 e. The number of fused-ring (bicyclic) bond motifs is 1. The Morgan fingerprint density at radius 2 is 1.81 bits per heavy atom. The summed E-state index contributed by atoms with van der Waals surface area (Å²) in [6.07, 6.45) is 2.70. The fraction of sp³-hybridized carbons (Fsp3) is 0.167. The molecule has 1 aromatic heterocycles. The maximum absolute atomic E-state index is 5.80. The lowest BCUT2D eigenvalue weighted by Gasteiger charge is -2.18. The van der Waals surface area contributed by atoms with Gasteiger partial charge < -0.3 is 0 Å². The maximum Gasteiger partial charge on any atom is 0.0705 e. The van der Waals surface area contributed by atoms with Crippen molar-refractivity contribution in [3.8, 4) is 0 Å². The standard InChI is InChI=1S/C18H19N3/c1-13-6-8-14(9-7-13)12-18(21-19)16-10-11-20-17-5-3-2-4-15(16)17/h2-11,18,21H,12,19H2,1H3. The van der Waals surface area contributed by atoms with E-state index >= 15 is 0 Å². The van der Waals surface area contributed by atoms with E-state index in [0.717, 1.165) is 17.3 Å². The molecule has 1 unspecified atom stereocenters. The second kappa shape index (κ2) is 6.04. The summed E-state index contributed by atoms with van der Waals surface area (Å²) in [6, 6.07) is 18.8. The summed E-state index contributed by atoms with van der Waals surface area (Å²) in [6.45, 7) is 2.10. The number of aryl methyl sites for hydroxylation is 1. The Morgan fingerprint density at radius 1 is 1.05 bits per heavy atom. The molecule has 106 valence electrons. The lowest BCUT2D eigenvalue weighted by Crippen LogP contribution is -2.29. The van der Waals surface area contributed by atoms with Gasteiger partial charge in [0.25, 0.3) is 0 Å². The number of pyridine rings is 1. The third-order valence-electron chi connectivity index (χ3n) is 3.82. The number of hydrazine groups is 1. The molecule has 2 aromatic carbocycles. The molecule has 0 fully saturated rings. The minimum Gasteiger partial charge on any atom is -0.271 e. The molecule has 0 aliphatic rings. The van der Waals surface area contributed by atoms with E-state index < -0.39 is 0 Å². The Hall–Kier alpha value is -2.23. The molecular weight excluding hydrogens is 258 g/mol. The lowest BCUT2D eigenvalue weighted by atomic mass is 9.96. The molecule has 0 spiro atoms. The van der Waals surface area contributed by atoms with Gasteiger partial charge in [-0.2, -0.15) is 0 Å². The molecule has 3 rings (SSSR count). The molecule has 1 heterocycles. The van der Waals surface area contributed by atoms with Gasteiger partial charge in [0, 0.05) is 11.6 Å².